The third kappa shape index (κ3) is 22.0. The van der Waals surface area contributed by atoms with Crippen molar-refractivity contribution in [2.75, 3.05) is 37.2 Å². The Hall–Kier alpha value is -4.14. The first-order valence-corrected chi connectivity index (χ1v) is 57.4. The van der Waals surface area contributed by atoms with E-state index in [0.717, 1.165) is 39.2 Å². The molecule has 6 aromatic heterocycles. The van der Waals surface area contributed by atoms with Crippen molar-refractivity contribution in [2.45, 2.75) is 244 Å². The molecule has 3 saturated heterocycles. The van der Waals surface area contributed by atoms with Gasteiger partial charge in [0.15, 0.2) is 84.2 Å². The van der Waals surface area contributed by atoms with Crippen LogP contribution in [-0.4, -0.2) is 193 Å². The van der Waals surface area contributed by atoms with Crippen molar-refractivity contribution in [1.82, 2.24) is 69.2 Å². The molecule has 642 valence electrons. The van der Waals surface area contributed by atoms with Crippen molar-refractivity contribution in [1.29, 1.82) is 0 Å². The van der Waals surface area contributed by atoms with Gasteiger partial charge in [-0.05, 0) is 228 Å². The van der Waals surface area contributed by atoms with Crippen molar-refractivity contribution >= 4 is 240 Å². The van der Waals surface area contributed by atoms with Crippen LogP contribution in [0.1, 0.15) is 116 Å². The van der Waals surface area contributed by atoms with Crippen molar-refractivity contribution in [3.63, 3.8) is 0 Å². The summed E-state index contributed by atoms with van der Waals surface area (Å²) in [5, 5.41) is 33.0. The Kier molecular flexibility index (Phi) is 31.2. The number of aliphatic hydroxyl groups is 2. The molecule has 0 spiro atoms. The Morgan fingerprint density at radius 3 is 1.03 bits per heavy atom. The van der Waals surface area contributed by atoms with E-state index in [1.54, 1.807) is 24.3 Å². The number of amides is 2. The van der Waals surface area contributed by atoms with Crippen LogP contribution in [0, 0.1) is 10.7 Å². The third-order valence-corrected chi connectivity index (χ3v) is 48.1. The van der Waals surface area contributed by atoms with Crippen molar-refractivity contribution in [2.24, 2.45) is 0 Å². The molecule has 118 heavy (non-hydrogen) atoms. The summed E-state index contributed by atoms with van der Waals surface area (Å²) in [6.45, 7) is 45.9. The molecule has 0 radical (unpaired) electrons. The Labute approximate surface area is 764 Å². The third-order valence-electron chi connectivity index (χ3n) is 23.1. The van der Waals surface area contributed by atoms with Gasteiger partial charge in [0.2, 0.25) is 27.7 Å². The Bertz CT molecular complexity index is 4870. The zero-order chi connectivity index (χ0) is 87.1. The highest BCUT2D eigenvalue weighted by molar-refractivity contribution is 14.1. The summed E-state index contributed by atoms with van der Waals surface area (Å²) < 4.78 is 42.9. The van der Waals surface area contributed by atoms with Gasteiger partial charge >= 0.3 is 5.97 Å². The average molecular weight is 2140 g/mol. The molecule has 9 heterocycles. The normalized spacial score (nSPS) is 22.1. The van der Waals surface area contributed by atoms with Gasteiger partial charge < -0.3 is 59.2 Å². The standard InChI is InChI=1S/C30H46ClIN6O3SSi2.C30H45ClIN5O4SSi2.C18H18ClIN6O3S/c1-29(2,3)43(8,9)40-21-22(41-44(10,11)30(4,5)6)27(42-23(21)26(39)33-7)38-17-35-20-24(36-28(31)37-25(20)38)34-16-18-13-12-14-19(32)15-18;1-29(2,3)43(8,9)40-21-22(41-44(10,11)30(4,5)6)26(42-23(21)27(38)39-7)37-17-34-20-24(35-28(31)36-25(20)37)33-16-18-13-12-14-19(32)15-18;1-21-16(29)13-11(27)12(28)17(30-13)26-7-23-10-14(24-18(19)25-15(10)26)22-6-8-3-2-4-9(20)5-8/h12-15,17,21-23,27H,16H2,1-11H3,(H,33,39)(H,34,36,37);12-15,17,21-23,26H,16H2,1-11H3,(H,33,35,36);2-5,7,11-13,17,27-28H,6H2,1H3,(H,21,29)(H,22,24,25). The molecular weight excluding hydrogens is 2030 g/mol. The minimum absolute atomic E-state index is 0.0234. The monoisotopic (exact) mass is 2140 g/mol. The summed E-state index contributed by atoms with van der Waals surface area (Å²) >= 11 is 30.2. The maximum Gasteiger partial charge on any atom is 0.321 e. The summed E-state index contributed by atoms with van der Waals surface area (Å²) in [7, 11) is -4.72. The summed E-state index contributed by atoms with van der Waals surface area (Å²) in [6.07, 6.45) is 0.745. The fourth-order valence-electron chi connectivity index (χ4n) is 12.3. The summed E-state index contributed by atoms with van der Waals surface area (Å²) in [4.78, 5) is 79.5. The quantitative estimate of drug-likeness (QED) is 0.0135. The number of methoxy groups -OCH3 is 1. The highest BCUT2D eigenvalue weighted by Crippen LogP contribution is 2.55. The van der Waals surface area contributed by atoms with Crippen molar-refractivity contribution in [3.05, 3.63) is 135 Å². The molecule has 2 amide bonds. The lowest BCUT2D eigenvalue weighted by molar-refractivity contribution is -0.142. The second-order valence-electron chi connectivity index (χ2n) is 35.4. The van der Waals surface area contributed by atoms with E-state index in [2.05, 4.69) is 307 Å². The van der Waals surface area contributed by atoms with Crippen LogP contribution < -0.4 is 26.6 Å². The van der Waals surface area contributed by atoms with Crippen LogP contribution in [0.25, 0.3) is 33.5 Å². The van der Waals surface area contributed by atoms with Crippen LogP contribution in [0.2, 0.25) is 88.4 Å². The van der Waals surface area contributed by atoms with Crippen LogP contribution in [0.3, 0.4) is 0 Å². The first-order valence-electron chi connectivity index (χ1n) is 38.6. The predicted molar refractivity (Wildman–Crippen MR) is 512 cm³/mol. The van der Waals surface area contributed by atoms with E-state index in [-0.39, 0.29) is 64.5 Å². The first-order chi connectivity index (χ1) is 54.9. The molecule has 3 aromatic carbocycles. The number of hydrogen-bond acceptors (Lipinski definition) is 25. The van der Waals surface area contributed by atoms with Crippen LogP contribution in [0.4, 0.5) is 17.5 Å². The highest BCUT2D eigenvalue weighted by Gasteiger charge is 2.59. The number of aliphatic hydroxyl groups excluding tert-OH is 2. The van der Waals surface area contributed by atoms with Gasteiger partial charge in [0.1, 0.15) is 56.3 Å². The number of fused-ring (bicyclic) bond motifs is 3. The van der Waals surface area contributed by atoms with Crippen LogP contribution in [0.15, 0.2) is 91.8 Å². The molecule has 12 unspecified atom stereocenters. The number of esters is 1. The topological polar surface area (TPSA) is 329 Å². The minimum Gasteiger partial charge on any atom is -0.468 e. The number of halogens is 6. The number of nitrogens with one attached hydrogen (secondary N) is 5. The lowest BCUT2D eigenvalue weighted by atomic mass is 10.1. The van der Waals surface area contributed by atoms with E-state index in [9.17, 15) is 24.6 Å². The number of benzene rings is 3. The number of aromatic nitrogens is 12. The Balaban J connectivity index is 0.000000190. The molecule has 9 aromatic rings. The number of nitrogens with zero attached hydrogens (tertiary/aromatic N) is 12. The van der Waals surface area contributed by atoms with Crippen LogP contribution in [0.5, 0.6) is 0 Å². The number of anilines is 3. The molecule has 3 aliphatic heterocycles. The summed E-state index contributed by atoms with van der Waals surface area (Å²) in [6, 6.07) is 24.5. The van der Waals surface area contributed by atoms with Gasteiger partial charge in [0.25, 0.3) is 0 Å². The summed E-state index contributed by atoms with van der Waals surface area (Å²) in [5.74, 6) is 0.791. The van der Waals surface area contributed by atoms with Gasteiger partial charge in [-0.15, -0.1) is 35.3 Å². The van der Waals surface area contributed by atoms with Gasteiger partial charge in [-0.1, -0.05) is 119 Å². The number of thioether (sulfide) groups is 3. The van der Waals surface area contributed by atoms with Gasteiger partial charge in [0, 0.05) is 44.4 Å². The van der Waals surface area contributed by atoms with E-state index in [1.807, 2.05) is 39.5 Å². The smallest absolute Gasteiger partial charge is 0.321 e. The second kappa shape index (κ2) is 38.4. The van der Waals surface area contributed by atoms with Crippen molar-refractivity contribution < 1.29 is 47.0 Å². The van der Waals surface area contributed by atoms with Gasteiger partial charge in [-0.2, -0.15) is 29.9 Å². The average Bonchev–Trinajstić information content (AvgIpc) is 1.60. The number of imidazole rings is 3. The lowest BCUT2D eigenvalue weighted by Crippen LogP contribution is -2.55. The van der Waals surface area contributed by atoms with Gasteiger partial charge in [-0.25, -0.2) is 15.0 Å². The molecule has 7 N–H and O–H groups in total. The molecule has 3 fully saturated rings. The maximum absolute atomic E-state index is 13.5. The second-order valence-corrected chi connectivity index (χ2v) is 63.0. The molecule has 3 aliphatic rings. The number of ether oxygens (including phenoxy) is 1. The zero-order valence-electron chi connectivity index (χ0n) is 70.7. The molecule has 0 bridgehead atoms. The predicted octanol–water partition coefficient (Wildman–Crippen LogP) is 17.9. The Morgan fingerprint density at radius 2 is 0.729 bits per heavy atom. The molecule has 12 rings (SSSR count). The van der Waals surface area contributed by atoms with Crippen LogP contribution in [-0.2, 0) is 56.5 Å². The molecule has 0 saturated carbocycles. The summed E-state index contributed by atoms with van der Waals surface area (Å²) in [5.41, 5.74) is 6.53. The fourth-order valence-corrected chi connectivity index (χ4v) is 24.8. The fraction of sp³-hybridized carbons (Fsp3) is 0.538. The minimum atomic E-state index is -2.34. The van der Waals surface area contributed by atoms with E-state index in [4.69, 9.17) is 67.2 Å². The largest absolute Gasteiger partial charge is 0.468 e. The number of carbonyl (C=O) groups excluding carboxylic acids is 3. The van der Waals surface area contributed by atoms with E-state index < -0.39 is 91.0 Å². The molecule has 27 nitrogen and oxygen atoms in total. The highest BCUT2D eigenvalue weighted by atomic mass is 127. The Morgan fingerprint density at radius 1 is 0.441 bits per heavy atom. The number of carbonyl (C=O) groups is 3. The zero-order valence-corrected chi connectivity index (χ0v) is 85.9. The lowest BCUT2D eigenvalue weighted by Gasteiger charge is -2.44. The maximum atomic E-state index is 13.5. The van der Waals surface area contributed by atoms with E-state index in [1.165, 1.54) is 44.0 Å². The molecule has 12 atom stereocenters. The number of rotatable bonds is 23. The molecular formula is C78H109Cl3I3N17O10S3Si4. The van der Waals surface area contributed by atoms with E-state index in [0.29, 0.717) is 70.6 Å². The SMILES string of the molecule is CNC(=O)C1SC(n2cnc3c(NCc4cccc(I)c4)nc(Cl)nc32)C(O)C1O.CNC(=O)C1SC(n2cnc3c(NCc4cccc(I)c4)nc(Cl)nc32)C(O[Si](C)(C)C(C)(C)C)C1O[Si](C)(C)C(C)(C)C.COC(=O)C1SC(n2cnc3c(NCc4cccc(I)c4)nc(Cl)nc32)C(O[Si](C)(C)C(C)(C)C)C1O[Si](C)(C)C(C)(C)C. The van der Waals surface area contributed by atoms with Gasteiger partial charge in [0.05, 0.1) is 38.3 Å². The first kappa shape index (κ1) is 96.1. The number of hydrogen-bond donors (Lipinski definition) is 7. The van der Waals surface area contributed by atoms with Crippen molar-refractivity contribution in [3.8, 4) is 0 Å². The molecule has 0 aliphatic carbocycles. The molecule has 40 heteroatoms. The van der Waals surface area contributed by atoms with Crippen LogP contribution >= 0.6 is 138 Å². The van der Waals surface area contributed by atoms with Gasteiger partial charge in [-0.3, -0.25) is 28.1 Å². The van der Waals surface area contributed by atoms with E-state index >= 15 is 0 Å².